The third kappa shape index (κ3) is 5.23. The molecule has 0 spiro atoms. The molecular formula is C58H38N2O3. The first-order valence-corrected chi connectivity index (χ1v) is 21.4. The van der Waals surface area contributed by atoms with E-state index in [2.05, 4.69) is 194 Å². The number of benzene rings is 10. The predicted octanol–water partition coefficient (Wildman–Crippen LogP) is 17.2. The zero-order chi connectivity index (χ0) is 41.8. The van der Waals surface area contributed by atoms with E-state index in [4.69, 9.17) is 13.3 Å². The summed E-state index contributed by atoms with van der Waals surface area (Å²) in [6, 6.07) is 68.5. The van der Waals surface area contributed by atoms with E-state index in [1.165, 1.54) is 0 Å². The first-order chi connectivity index (χ1) is 31.1. The van der Waals surface area contributed by atoms with Gasteiger partial charge in [-0.1, -0.05) is 146 Å². The lowest BCUT2D eigenvalue weighted by Gasteiger charge is -2.28. The molecule has 10 aromatic carbocycles. The van der Waals surface area contributed by atoms with Crippen LogP contribution in [0, 0.1) is 13.8 Å². The number of nitrogens with zero attached hydrogens (tertiary/aromatic N) is 2. The third-order valence-corrected chi connectivity index (χ3v) is 12.9. The monoisotopic (exact) mass is 810 g/mol. The van der Waals surface area contributed by atoms with Crippen molar-refractivity contribution in [2.45, 2.75) is 13.8 Å². The maximum absolute atomic E-state index is 7.20. The van der Waals surface area contributed by atoms with Crippen LogP contribution in [-0.2, 0) is 0 Å². The van der Waals surface area contributed by atoms with E-state index in [9.17, 15) is 0 Å². The molecule has 5 heteroatoms. The van der Waals surface area contributed by atoms with Gasteiger partial charge in [0.2, 0.25) is 0 Å². The molecule has 0 unspecified atom stereocenters. The van der Waals surface area contributed by atoms with E-state index in [0.717, 1.165) is 133 Å². The number of hydrogen-bond donors (Lipinski definition) is 0. The summed E-state index contributed by atoms with van der Waals surface area (Å²) in [6.07, 6.45) is 0. The van der Waals surface area contributed by atoms with E-state index in [1.54, 1.807) is 0 Å². The van der Waals surface area contributed by atoms with Gasteiger partial charge in [0.25, 0.3) is 0 Å². The minimum Gasteiger partial charge on any atom is -0.455 e. The molecule has 0 aliphatic rings. The predicted molar refractivity (Wildman–Crippen MR) is 262 cm³/mol. The highest BCUT2D eigenvalue weighted by Crippen LogP contribution is 2.51. The fraction of sp³-hybridized carbons (Fsp3) is 0.0345. The van der Waals surface area contributed by atoms with Gasteiger partial charge in [-0.05, 0) is 72.8 Å². The average Bonchev–Trinajstić information content (AvgIpc) is 4.03. The van der Waals surface area contributed by atoms with Crippen molar-refractivity contribution >= 4 is 121 Å². The number of aryl methyl sites for hydroxylation is 2. The molecule has 63 heavy (non-hydrogen) atoms. The average molecular weight is 811 g/mol. The van der Waals surface area contributed by atoms with Crippen molar-refractivity contribution < 1.29 is 13.3 Å². The second-order valence-electron chi connectivity index (χ2n) is 16.5. The smallest absolute Gasteiger partial charge is 0.159 e. The maximum Gasteiger partial charge on any atom is 0.159 e. The van der Waals surface area contributed by atoms with E-state index in [-0.39, 0.29) is 0 Å². The summed E-state index contributed by atoms with van der Waals surface area (Å²) in [7, 11) is 0. The van der Waals surface area contributed by atoms with Crippen LogP contribution < -0.4 is 9.80 Å². The van der Waals surface area contributed by atoms with E-state index in [1.807, 2.05) is 24.3 Å². The van der Waals surface area contributed by atoms with Crippen LogP contribution in [0.3, 0.4) is 0 Å². The molecular weight excluding hydrogens is 773 g/mol. The van der Waals surface area contributed by atoms with Crippen molar-refractivity contribution in [3.63, 3.8) is 0 Å². The molecule has 0 amide bonds. The Morgan fingerprint density at radius 3 is 1.21 bits per heavy atom. The van der Waals surface area contributed by atoms with E-state index < -0.39 is 0 Å². The third-order valence-electron chi connectivity index (χ3n) is 12.9. The summed E-state index contributed by atoms with van der Waals surface area (Å²) in [5, 5.41) is 10.8. The topological polar surface area (TPSA) is 45.9 Å². The Kier molecular flexibility index (Phi) is 7.67. The fourth-order valence-electron chi connectivity index (χ4n) is 10.0. The van der Waals surface area contributed by atoms with Gasteiger partial charge >= 0.3 is 0 Å². The first-order valence-electron chi connectivity index (χ1n) is 21.4. The lowest BCUT2D eigenvalue weighted by molar-refractivity contribution is 0.668. The lowest BCUT2D eigenvalue weighted by Crippen LogP contribution is -2.12. The van der Waals surface area contributed by atoms with Crippen LogP contribution >= 0.6 is 0 Å². The zero-order valence-corrected chi connectivity index (χ0v) is 34.6. The molecule has 0 N–H and O–H groups in total. The molecule has 0 saturated carbocycles. The van der Waals surface area contributed by atoms with Crippen molar-refractivity contribution in [1.82, 2.24) is 0 Å². The van der Waals surface area contributed by atoms with Gasteiger partial charge in [0.1, 0.15) is 22.3 Å². The Morgan fingerprint density at radius 2 is 0.651 bits per heavy atom. The minimum absolute atomic E-state index is 0.804. The normalized spacial score (nSPS) is 12.0. The van der Waals surface area contributed by atoms with E-state index >= 15 is 0 Å². The van der Waals surface area contributed by atoms with Gasteiger partial charge in [-0.3, -0.25) is 0 Å². The van der Waals surface area contributed by atoms with Gasteiger partial charge < -0.3 is 23.1 Å². The number of fused-ring (bicyclic) bond motifs is 13. The summed E-state index contributed by atoms with van der Waals surface area (Å²) in [5.41, 5.74) is 13.5. The highest BCUT2D eigenvalue weighted by molar-refractivity contribution is 6.28. The highest BCUT2D eigenvalue weighted by Gasteiger charge is 2.27. The summed E-state index contributed by atoms with van der Waals surface area (Å²) >= 11 is 0. The molecule has 3 aromatic heterocycles. The van der Waals surface area contributed by atoms with Crippen LogP contribution in [0.15, 0.2) is 207 Å². The summed E-state index contributed by atoms with van der Waals surface area (Å²) in [4.78, 5) is 4.73. The van der Waals surface area contributed by atoms with Crippen molar-refractivity contribution in [3.8, 4) is 0 Å². The van der Waals surface area contributed by atoms with Gasteiger partial charge in [-0.15, -0.1) is 0 Å². The van der Waals surface area contributed by atoms with Gasteiger partial charge in [-0.25, -0.2) is 0 Å². The Hall–Kier alpha value is -8.28. The largest absolute Gasteiger partial charge is 0.455 e. The molecule has 13 rings (SSSR count). The highest BCUT2D eigenvalue weighted by atomic mass is 16.3. The molecule has 0 aliphatic heterocycles. The second kappa shape index (κ2) is 13.6. The van der Waals surface area contributed by atoms with Gasteiger partial charge in [0.15, 0.2) is 11.2 Å². The van der Waals surface area contributed by atoms with Crippen LogP contribution in [0.1, 0.15) is 11.1 Å². The zero-order valence-electron chi connectivity index (χ0n) is 34.6. The molecule has 0 bridgehead atoms. The number of furan rings is 3. The van der Waals surface area contributed by atoms with Crippen molar-refractivity contribution in [1.29, 1.82) is 0 Å². The maximum atomic E-state index is 7.20. The number of rotatable bonds is 6. The second-order valence-corrected chi connectivity index (χ2v) is 16.5. The Morgan fingerprint density at radius 1 is 0.270 bits per heavy atom. The van der Waals surface area contributed by atoms with Crippen molar-refractivity contribution in [2.75, 3.05) is 9.80 Å². The van der Waals surface area contributed by atoms with Crippen molar-refractivity contribution in [3.05, 3.63) is 205 Å². The van der Waals surface area contributed by atoms with E-state index in [0.29, 0.717) is 0 Å². The quantitative estimate of drug-likeness (QED) is 0.167. The summed E-state index contributed by atoms with van der Waals surface area (Å²) < 4.78 is 20.7. The summed E-state index contributed by atoms with van der Waals surface area (Å²) in [5.74, 6) is 0. The molecule has 5 nitrogen and oxygen atoms in total. The van der Waals surface area contributed by atoms with Crippen LogP contribution in [0.25, 0.3) is 87.4 Å². The molecule has 0 fully saturated rings. The number of para-hydroxylation sites is 6. The van der Waals surface area contributed by atoms with Crippen LogP contribution in [0.5, 0.6) is 0 Å². The summed E-state index contributed by atoms with van der Waals surface area (Å²) in [6.45, 7) is 4.35. The van der Waals surface area contributed by atoms with Crippen LogP contribution in [0.4, 0.5) is 34.1 Å². The molecule has 0 atom stereocenters. The minimum atomic E-state index is 0.804. The molecule has 13 aromatic rings. The lowest BCUT2D eigenvalue weighted by atomic mass is 9.97. The molecule has 0 aliphatic carbocycles. The van der Waals surface area contributed by atoms with Gasteiger partial charge in [-0.2, -0.15) is 0 Å². The number of anilines is 6. The Bertz CT molecular complexity index is 3980. The molecule has 0 saturated heterocycles. The SMILES string of the molecule is Cc1ccccc1N(c1cc2c(oc3cc(N(c4ccccc4C)c4cccc5c4oc4ccccc45)c4ccccc4c32)c2ccccc12)c1cccc2c1oc1ccccc12. The fourth-order valence-corrected chi connectivity index (χ4v) is 10.0. The first kappa shape index (κ1) is 35.5. The van der Waals surface area contributed by atoms with Crippen LogP contribution in [0.2, 0.25) is 0 Å². The van der Waals surface area contributed by atoms with Crippen LogP contribution in [-0.4, -0.2) is 0 Å². The Labute approximate surface area is 362 Å². The van der Waals surface area contributed by atoms with Gasteiger partial charge in [0, 0.05) is 65.9 Å². The Balaban J connectivity index is 1.13. The molecule has 3 heterocycles. The van der Waals surface area contributed by atoms with Crippen molar-refractivity contribution in [2.24, 2.45) is 0 Å². The number of hydrogen-bond acceptors (Lipinski definition) is 5. The molecule has 298 valence electrons. The standard InChI is InChI=1S/C58H38N2O3/c1-35-17-3-11-27-46(35)59(48-29-15-25-43-39-21-9-13-31-52(39)61-57(43)48)50-33-45-55-41-23-7-5-19-37(41)51(34-54(55)63-56(45)42-24-8-6-20-38(42)50)60(47-28-12-4-18-36(47)2)49-30-16-26-44-40-22-10-14-32-53(40)62-58(44)49/h3-34H,1-2H3. The van der Waals surface area contributed by atoms with Gasteiger partial charge in [0.05, 0.1) is 22.7 Å². The molecule has 0 radical (unpaired) electrons.